The van der Waals surface area contributed by atoms with Crippen molar-refractivity contribution in [2.45, 2.75) is 83.3 Å². The van der Waals surface area contributed by atoms with Crippen molar-refractivity contribution in [3.05, 3.63) is 83.3 Å². The number of aryl methyl sites for hydroxylation is 2. The largest absolute Gasteiger partial charge is 0.475 e. The van der Waals surface area contributed by atoms with Crippen LogP contribution in [0.15, 0.2) is 65.8 Å². The summed E-state index contributed by atoms with van der Waals surface area (Å²) >= 11 is 0. The number of hydrogen-bond acceptors (Lipinski definition) is 10. The number of nitrogens with one attached hydrogen (secondary N) is 1. The van der Waals surface area contributed by atoms with E-state index in [4.69, 9.17) is 14.5 Å². The molecule has 1 spiro atoms. The molecule has 12 nitrogen and oxygen atoms in total. The highest BCUT2D eigenvalue weighted by molar-refractivity contribution is 7.92. The molecule has 1 atom stereocenters. The minimum absolute atomic E-state index is 0.0675. The minimum Gasteiger partial charge on any atom is -0.475 e. The maximum absolute atomic E-state index is 14.6. The number of nitrogens with zero attached hydrogens (tertiary/aromatic N) is 6. The fourth-order valence-electron chi connectivity index (χ4n) is 7.41. The summed E-state index contributed by atoms with van der Waals surface area (Å²) in [6, 6.07) is 13.3. The third kappa shape index (κ3) is 7.27. The van der Waals surface area contributed by atoms with E-state index in [0.717, 1.165) is 48.3 Å². The lowest BCUT2D eigenvalue weighted by molar-refractivity contribution is 0.0128. The van der Waals surface area contributed by atoms with Gasteiger partial charge >= 0.3 is 0 Å². The highest BCUT2D eigenvalue weighted by Gasteiger charge is 2.45. The molecule has 2 fully saturated rings. The highest BCUT2D eigenvalue weighted by atomic mass is 32.2. The summed E-state index contributed by atoms with van der Waals surface area (Å²) in [5.41, 5.74) is 3.92. The van der Waals surface area contributed by atoms with Gasteiger partial charge in [0.05, 0.1) is 60.0 Å². The number of benzene rings is 2. The first-order valence-electron chi connectivity index (χ1n) is 17.5. The quantitative estimate of drug-likeness (QED) is 0.264. The molecule has 1 aliphatic carbocycles. The zero-order valence-corrected chi connectivity index (χ0v) is 30.7. The van der Waals surface area contributed by atoms with E-state index >= 15 is 0 Å². The Morgan fingerprint density at radius 1 is 1.00 bits per heavy atom. The highest BCUT2D eigenvalue weighted by Crippen LogP contribution is 2.41. The predicted molar refractivity (Wildman–Crippen MR) is 194 cm³/mol. The Balaban J connectivity index is 1.32. The van der Waals surface area contributed by atoms with E-state index in [9.17, 15) is 13.2 Å². The average Bonchev–Trinajstić information content (AvgIpc) is 3.07. The van der Waals surface area contributed by atoms with Crippen molar-refractivity contribution in [1.29, 1.82) is 0 Å². The van der Waals surface area contributed by atoms with Gasteiger partial charge in [-0.3, -0.25) is 9.78 Å². The van der Waals surface area contributed by atoms with Crippen LogP contribution in [-0.4, -0.2) is 77.1 Å². The first-order chi connectivity index (χ1) is 24.3. The second-order valence-electron chi connectivity index (χ2n) is 15.1. The molecule has 268 valence electrons. The maximum atomic E-state index is 14.6. The van der Waals surface area contributed by atoms with Crippen LogP contribution in [-0.2, 0) is 21.3 Å². The second-order valence-corrected chi connectivity index (χ2v) is 16.8. The molecule has 0 unspecified atom stereocenters. The number of sulfonamides is 1. The lowest BCUT2D eigenvalue weighted by Gasteiger charge is -2.53. The third-order valence-electron chi connectivity index (χ3n) is 10.00. The monoisotopic (exact) mass is 711 g/mol. The SMILES string of the molecule is Cc1cccc(C)c1-c1cc2nc(n1)NS(=O)(=O)c1cccc(c1)C(=O)N(Cc1cncc(N3CCOCC34CCC4)n1)[C@H](CC(C)(C)C)CO2. The Labute approximate surface area is 299 Å². The van der Waals surface area contributed by atoms with Crippen molar-refractivity contribution in [2.24, 2.45) is 5.41 Å². The predicted octanol–water partition coefficient (Wildman–Crippen LogP) is 5.95. The molecule has 1 saturated heterocycles. The number of hydrogen-bond donors (Lipinski definition) is 1. The first-order valence-corrected chi connectivity index (χ1v) is 19.0. The van der Waals surface area contributed by atoms with E-state index in [1.165, 1.54) is 12.1 Å². The molecule has 2 aliphatic heterocycles. The smallest absolute Gasteiger partial charge is 0.264 e. The molecule has 7 rings (SSSR count). The van der Waals surface area contributed by atoms with Gasteiger partial charge < -0.3 is 19.3 Å². The molecule has 2 aromatic carbocycles. The Morgan fingerprint density at radius 3 is 2.49 bits per heavy atom. The van der Waals surface area contributed by atoms with Gasteiger partial charge in [0.1, 0.15) is 12.4 Å². The Morgan fingerprint density at radius 2 is 1.76 bits per heavy atom. The van der Waals surface area contributed by atoms with Gasteiger partial charge in [-0.1, -0.05) is 45.0 Å². The van der Waals surface area contributed by atoms with E-state index in [0.29, 0.717) is 31.0 Å². The topological polar surface area (TPSA) is 140 Å². The summed E-state index contributed by atoms with van der Waals surface area (Å²) in [5.74, 6) is 0.499. The van der Waals surface area contributed by atoms with Crippen LogP contribution in [0.5, 0.6) is 5.88 Å². The van der Waals surface area contributed by atoms with Crippen LogP contribution >= 0.6 is 0 Å². The molecule has 0 radical (unpaired) electrons. The van der Waals surface area contributed by atoms with Crippen LogP contribution in [0.2, 0.25) is 0 Å². The molecular weight excluding hydrogens is 667 g/mol. The van der Waals surface area contributed by atoms with Gasteiger partial charge in [-0.2, -0.15) is 4.98 Å². The molecular formula is C38H45N7O5S. The standard InChI is InChI=1S/C38H45N7O5S/c1-25-9-6-10-26(2)34(25)31-18-33-42-36(41-31)43-51(47,48)30-12-7-11-27(17-30)35(46)44(29(23-50-33)19-37(3,4)5)22-28-20-39-21-32(40-28)45-15-16-49-24-38(45)13-8-14-38/h6-7,9-12,17-18,20-21,29H,8,13-16,19,22-24H2,1-5H3,(H,41,42,43)/t29-/m1/s1. The first kappa shape index (κ1) is 34.8. The van der Waals surface area contributed by atoms with Crippen molar-refractivity contribution >= 4 is 27.7 Å². The van der Waals surface area contributed by atoms with E-state index < -0.39 is 16.1 Å². The molecule has 4 heterocycles. The average molecular weight is 712 g/mol. The van der Waals surface area contributed by atoms with Crippen LogP contribution in [0.1, 0.15) is 73.6 Å². The maximum Gasteiger partial charge on any atom is 0.264 e. The van der Waals surface area contributed by atoms with Crippen molar-refractivity contribution in [1.82, 2.24) is 24.8 Å². The number of amides is 1. The van der Waals surface area contributed by atoms with Crippen molar-refractivity contribution in [3.8, 4) is 17.1 Å². The zero-order valence-electron chi connectivity index (χ0n) is 29.8. The van der Waals surface area contributed by atoms with E-state index in [2.05, 4.69) is 45.3 Å². The number of carbonyl (C=O) groups is 1. The number of anilines is 2. The van der Waals surface area contributed by atoms with E-state index in [1.54, 1.807) is 35.5 Å². The van der Waals surface area contributed by atoms with Crippen molar-refractivity contribution < 1.29 is 22.7 Å². The normalized spacial score (nSPS) is 19.9. The van der Waals surface area contributed by atoms with Gasteiger partial charge in [0.15, 0.2) is 0 Å². The summed E-state index contributed by atoms with van der Waals surface area (Å²) < 4.78 is 42.4. The lowest BCUT2D eigenvalue weighted by Crippen LogP contribution is -2.61. The number of aromatic nitrogens is 4. The Bertz CT molecular complexity index is 2040. The van der Waals surface area contributed by atoms with Crippen LogP contribution in [0, 0.1) is 19.3 Å². The van der Waals surface area contributed by atoms with Crippen LogP contribution in [0.3, 0.4) is 0 Å². The molecule has 4 aromatic rings. The van der Waals surface area contributed by atoms with Crippen LogP contribution in [0.4, 0.5) is 11.8 Å². The summed E-state index contributed by atoms with van der Waals surface area (Å²) in [6.45, 7) is 12.6. The fraction of sp³-hybridized carbons (Fsp3) is 0.447. The number of rotatable bonds is 5. The molecule has 1 saturated carbocycles. The molecule has 1 N–H and O–H groups in total. The van der Waals surface area contributed by atoms with Crippen molar-refractivity contribution in [3.63, 3.8) is 0 Å². The van der Waals surface area contributed by atoms with Gasteiger partial charge in [0.25, 0.3) is 15.9 Å². The molecule has 1 amide bonds. The molecule has 13 heteroatoms. The summed E-state index contributed by atoms with van der Waals surface area (Å²) in [4.78, 5) is 37.4. The summed E-state index contributed by atoms with van der Waals surface area (Å²) in [5, 5.41) is 0. The minimum atomic E-state index is -4.19. The van der Waals surface area contributed by atoms with Crippen molar-refractivity contribution in [2.75, 3.05) is 36.0 Å². The second kappa shape index (κ2) is 13.5. The van der Waals surface area contributed by atoms with E-state index in [-0.39, 0.29) is 52.3 Å². The number of fused-ring (bicyclic) bond motifs is 4. The van der Waals surface area contributed by atoms with E-state index in [1.807, 2.05) is 32.0 Å². The van der Waals surface area contributed by atoms with Gasteiger partial charge in [-0.25, -0.2) is 23.1 Å². The Hall–Kier alpha value is -4.62. The molecule has 3 aliphatic rings. The zero-order chi connectivity index (χ0) is 36.0. The Kier molecular flexibility index (Phi) is 9.21. The molecule has 51 heavy (non-hydrogen) atoms. The lowest BCUT2D eigenvalue weighted by atomic mass is 9.75. The molecule has 2 aromatic heterocycles. The van der Waals surface area contributed by atoms with Gasteiger partial charge in [-0.05, 0) is 74.3 Å². The molecule has 4 bridgehead atoms. The fourth-order valence-corrected chi connectivity index (χ4v) is 8.40. The number of carbonyl (C=O) groups excluding carboxylic acids is 1. The van der Waals surface area contributed by atoms with Gasteiger partial charge in [0.2, 0.25) is 11.8 Å². The van der Waals surface area contributed by atoms with Gasteiger partial charge in [-0.15, -0.1) is 0 Å². The third-order valence-corrected chi connectivity index (χ3v) is 11.3. The van der Waals surface area contributed by atoms with Crippen LogP contribution in [0.25, 0.3) is 11.3 Å². The number of morpholine rings is 1. The van der Waals surface area contributed by atoms with Crippen LogP contribution < -0.4 is 14.4 Å². The number of ether oxygens (including phenoxy) is 2. The van der Waals surface area contributed by atoms with Gasteiger partial charge in [0, 0.05) is 23.7 Å². The summed E-state index contributed by atoms with van der Waals surface area (Å²) in [7, 11) is -4.19. The summed E-state index contributed by atoms with van der Waals surface area (Å²) in [6.07, 6.45) is 7.29.